The Labute approximate surface area is 148 Å². The van der Waals surface area contributed by atoms with Crippen LogP contribution in [-0.2, 0) is 19.4 Å². The van der Waals surface area contributed by atoms with Crippen LogP contribution in [0.25, 0.3) is 0 Å². The van der Waals surface area contributed by atoms with Gasteiger partial charge in [0, 0.05) is 45.6 Å². The van der Waals surface area contributed by atoms with E-state index in [0.717, 1.165) is 62.8 Å². The van der Waals surface area contributed by atoms with Crippen LogP contribution in [0.2, 0.25) is 0 Å². The Bertz CT molecular complexity index is 698. The van der Waals surface area contributed by atoms with E-state index >= 15 is 0 Å². The maximum Gasteiger partial charge on any atom is 0.147 e. The van der Waals surface area contributed by atoms with Crippen molar-refractivity contribution < 1.29 is 4.39 Å². The Balaban J connectivity index is 1.43. The fraction of sp³-hybridized carbons (Fsp3) is 0.500. The number of aromatic nitrogens is 2. The molecule has 3 heterocycles. The number of fused-ring (bicyclic) bond motifs is 1. The van der Waals surface area contributed by atoms with E-state index in [1.165, 1.54) is 5.56 Å². The Kier molecular flexibility index (Phi) is 4.92. The third kappa shape index (κ3) is 3.98. The second-order valence-electron chi connectivity index (χ2n) is 7.05. The maximum atomic E-state index is 13.4. The van der Waals surface area contributed by atoms with E-state index in [9.17, 15) is 4.39 Å². The molecule has 2 aliphatic heterocycles. The van der Waals surface area contributed by atoms with Gasteiger partial charge >= 0.3 is 0 Å². The molecule has 0 bridgehead atoms. The normalized spacial score (nSPS) is 19.5. The summed E-state index contributed by atoms with van der Waals surface area (Å²) in [5, 5.41) is 0. The van der Waals surface area contributed by atoms with Crippen LogP contribution < -0.4 is 4.90 Å². The van der Waals surface area contributed by atoms with Gasteiger partial charge in [-0.15, -0.1) is 0 Å². The molecule has 0 unspecified atom stereocenters. The average Bonchev–Trinajstić information content (AvgIpc) is 2.85. The van der Waals surface area contributed by atoms with Crippen molar-refractivity contribution in [3.63, 3.8) is 0 Å². The number of hydrogen-bond donors (Lipinski definition) is 0. The van der Waals surface area contributed by atoms with Gasteiger partial charge in [0.1, 0.15) is 12.0 Å². The largest absolute Gasteiger partial charge is 0.355 e. The number of piperidine rings is 1. The van der Waals surface area contributed by atoms with Crippen LogP contribution >= 0.6 is 0 Å². The molecule has 25 heavy (non-hydrogen) atoms. The number of nitrogens with zero attached hydrogens (tertiary/aromatic N) is 4. The molecule has 4 rings (SSSR count). The first-order valence-corrected chi connectivity index (χ1v) is 9.28. The Hall–Kier alpha value is -2.01. The summed E-state index contributed by atoms with van der Waals surface area (Å²) in [7, 11) is 0. The molecule has 2 aromatic rings. The number of benzene rings is 1. The molecule has 0 amide bonds. The molecule has 4 nitrogen and oxygen atoms in total. The van der Waals surface area contributed by atoms with Crippen LogP contribution in [0.5, 0.6) is 0 Å². The second-order valence-corrected chi connectivity index (χ2v) is 7.05. The second kappa shape index (κ2) is 7.48. The number of halogens is 1. The lowest BCUT2D eigenvalue weighted by molar-refractivity contribution is 0.276. The van der Waals surface area contributed by atoms with Crippen LogP contribution in [0.4, 0.5) is 10.2 Å². The molecule has 0 N–H and O–H groups in total. The average molecular weight is 340 g/mol. The summed E-state index contributed by atoms with van der Waals surface area (Å²) < 4.78 is 13.4. The molecular formula is C20H25FN4. The van der Waals surface area contributed by atoms with Crippen molar-refractivity contribution in [3.05, 3.63) is 53.5 Å². The zero-order valence-corrected chi connectivity index (χ0v) is 14.6. The third-order valence-electron chi connectivity index (χ3n) is 5.25. The molecule has 1 aromatic carbocycles. The molecule has 0 saturated carbocycles. The minimum absolute atomic E-state index is 0.601. The summed E-state index contributed by atoms with van der Waals surface area (Å²) in [6.45, 7) is 4.49. The Morgan fingerprint density at radius 2 is 1.68 bits per heavy atom. The molecule has 0 aliphatic carbocycles. The van der Waals surface area contributed by atoms with Crippen LogP contribution in [0, 0.1) is 0 Å². The van der Waals surface area contributed by atoms with Crippen molar-refractivity contribution in [1.29, 1.82) is 0 Å². The molecule has 132 valence electrons. The van der Waals surface area contributed by atoms with Gasteiger partial charge in [-0.05, 0) is 18.4 Å². The van der Waals surface area contributed by atoms with Crippen molar-refractivity contribution >= 4 is 5.82 Å². The summed E-state index contributed by atoms with van der Waals surface area (Å²) in [5.41, 5.74) is 3.60. The zero-order chi connectivity index (χ0) is 17.1. The van der Waals surface area contributed by atoms with Crippen molar-refractivity contribution in [2.24, 2.45) is 0 Å². The van der Waals surface area contributed by atoms with E-state index in [1.54, 1.807) is 0 Å². The van der Waals surface area contributed by atoms with E-state index in [0.29, 0.717) is 12.8 Å². The molecule has 2 aliphatic rings. The van der Waals surface area contributed by atoms with Crippen LogP contribution in [0.1, 0.15) is 29.8 Å². The van der Waals surface area contributed by atoms with Crippen molar-refractivity contribution in [1.82, 2.24) is 14.9 Å². The SMILES string of the molecule is FC1CCN(c2cnc3c(n2)CCN(Cc2ccccc2)CC3)CC1. The van der Waals surface area contributed by atoms with Gasteiger partial charge in [-0.3, -0.25) is 9.88 Å². The Morgan fingerprint density at radius 3 is 2.44 bits per heavy atom. The van der Waals surface area contributed by atoms with Gasteiger partial charge in [0.05, 0.1) is 17.6 Å². The minimum Gasteiger partial charge on any atom is -0.355 e. The maximum absolute atomic E-state index is 13.4. The lowest BCUT2D eigenvalue weighted by atomic mass is 10.1. The van der Waals surface area contributed by atoms with Gasteiger partial charge in [0.25, 0.3) is 0 Å². The summed E-state index contributed by atoms with van der Waals surface area (Å²) in [5.74, 6) is 0.919. The monoisotopic (exact) mass is 340 g/mol. The van der Waals surface area contributed by atoms with Gasteiger partial charge in [0.2, 0.25) is 0 Å². The fourth-order valence-electron chi connectivity index (χ4n) is 3.72. The number of anilines is 1. The van der Waals surface area contributed by atoms with Crippen molar-refractivity contribution in [3.8, 4) is 0 Å². The minimum atomic E-state index is -0.656. The molecule has 0 radical (unpaired) electrons. The van der Waals surface area contributed by atoms with Gasteiger partial charge < -0.3 is 4.90 Å². The fourth-order valence-corrected chi connectivity index (χ4v) is 3.72. The van der Waals surface area contributed by atoms with E-state index in [-0.39, 0.29) is 0 Å². The lowest BCUT2D eigenvalue weighted by Gasteiger charge is -2.29. The highest BCUT2D eigenvalue weighted by atomic mass is 19.1. The van der Waals surface area contributed by atoms with E-state index in [4.69, 9.17) is 9.97 Å². The van der Waals surface area contributed by atoms with Crippen LogP contribution in [-0.4, -0.2) is 47.2 Å². The quantitative estimate of drug-likeness (QED) is 0.860. The summed E-state index contributed by atoms with van der Waals surface area (Å²) in [6.07, 6.45) is 4.30. The highest BCUT2D eigenvalue weighted by molar-refractivity contribution is 5.38. The van der Waals surface area contributed by atoms with E-state index < -0.39 is 6.17 Å². The van der Waals surface area contributed by atoms with Crippen LogP contribution in [0.15, 0.2) is 36.5 Å². The lowest BCUT2D eigenvalue weighted by Crippen LogP contribution is -2.35. The first kappa shape index (κ1) is 16.5. The molecule has 1 saturated heterocycles. The van der Waals surface area contributed by atoms with Gasteiger partial charge in [0.15, 0.2) is 0 Å². The van der Waals surface area contributed by atoms with E-state index in [2.05, 4.69) is 40.1 Å². The summed E-state index contributed by atoms with van der Waals surface area (Å²) >= 11 is 0. The predicted molar refractivity (Wildman–Crippen MR) is 97.5 cm³/mol. The molecular weight excluding hydrogens is 315 g/mol. The topological polar surface area (TPSA) is 32.3 Å². The molecule has 1 fully saturated rings. The molecule has 0 atom stereocenters. The van der Waals surface area contributed by atoms with Gasteiger partial charge in [-0.1, -0.05) is 30.3 Å². The number of hydrogen-bond acceptors (Lipinski definition) is 4. The van der Waals surface area contributed by atoms with Crippen LogP contribution in [0.3, 0.4) is 0 Å². The molecule has 1 aromatic heterocycles. The summed E-state index contributed by atoms with van der Waals surface area (Å²) in [6, 6.07) is 10.6. The van der Waals surface area contributed by atoms with E-state index in [1.807, 2.05) is 6.20 Å². The molecule has 0 spiro atoms. The molecule has 5 heteroatoms. The number of alkyl halides is 1. The number of rotatable bonds is 3. The van der Waals surface area contributed by atoms with Crippen molar-refractivity contribution in [2.45, 2.75) is 38.4 Å². The summed E-state index contributed by atoms with van der Waals surface area (Å²) in [4.78, 5) is 14.2. The Morgan fingerprint density at radius 1 is 0.960 bits per heavy atom. The highest BCUT2D eigenvalue weighted by Gasteiger charge is 2.22. The standard InChI is InChI=1S/C20H25FN4/c21-17-6-12-25(13-7-17)20-14-22-18-8-10-24(11-9-19(18)23-20)15-16-4-2-1-3-5-16/h1-5,14,17H,6-13,15H2. The third-order valence-corrected chi connectivity index (χ3v) is 5.25. The first-order chi connectivity index (χ1) is 12.3. The zero-order valence-electron chi connectivity index (χ0n) is 14.6. The smallest absolute Gasteiger partial charge is 0.147 e. The highest BCUT2D eigenvalue weighted by Crippen LogP contribution is 2.22. The first-order valence-electron chi connectivity index (χ1n) is 9.28. The predicted octanol–water partition coefficient (Wildman–Crippen LogP) is 3.02. The van der Waals surface area contributed by atoms with Gasteiger partial charge in [-0.2, -0.15) is 0 Å². The van der Waals surface area contributed by atoms with Crippen molar-refractivity contribution in [2.75, 3.05) is 31.1 Å². The van der Waals surface area contributed by atoms with Gasteiger partial charge in [-0.25, -0.2) is 9.37 Å².